The van der Waals surface area contributed by atoms with Gasteiger partial charge in [0, 0.05) is 26.1 Å². The minimum Gasteiger partial charge on any atom is -0.380 e. The second-order valence-corrected chi connectivity index (χ2v) is 5.54. The zero-order valence-corrected chi connectivity index (χ0v) is 13.5. The largest absolute Gasteiger partial charge is 0.380 e. The van der Waals surface area contributed by atoms with Crippen molar-refractivity contribution in [3.05, 3.63) is 0 Å². The van der Waals surface area contributed by atoms with Crippen LogP contribution in [0.3, 0.4) is 0 Å². The molecule has 0 saturated heterocycles. The Hall–Kier alpha value is -0.850. The molecule has 2 atom stereocenters. The summed E-state index contributed by atoms with van der Waals surface area (Å²) < 4.78 is 5.10. The highest BCUT2D eigenvalue weighted by Gasteiger charge is 2.27. The number of halogens is 1. The van der Waals surface area contributed by atoms with Gasteiger partial charge >= 0.3 is 0 Å². The highest BCUT2D eigenvalue weighted by atomic mass is 35.5. The summed E-state index contributed by atoms with van der Waals surface area (Å²) in [6, 6.07) is -0.157. The number of ether oxygens (including phenoxy) is 1. The third kappa shape index (κ3) is 7.64. The van der Waals surface area contributed by atoms with Crippen LogP contribution in [0.1, 0.15) is 44.9 Å². The van der Waals surface area contributed by atoms with Gasteiger partial charge < -0.3 is 21.5 Å². The first-order valence-corrected chi connectivity index (χ1v) is 7.37. The number of hydrogen-bond donors (Lipinski definition) is 3. The topological polar surface area (TPSA) is 107 Å². The molecule has 1 saturated carbocycles. The smallest absolute Gasteiger partial charge is 0.222 e. The van der Waals surface area contributed by atoms with Crippen LogP contribution >= 0.6 is 12.4 Å². The lowest BCUT2D eigenvalue weighted by Gasteiger charge is -2.30. The average Bonchev–Trinajstić information content (AvgIpc) is 2.44. The molecule has 0 aromatic carbocycles. The third-order valence-electron chi connectivity index (χ3n) is 4.00. The van der Waals surface area contributed by atoms with Gasteiger partial charge in [0.2, 0.25) is 11.8 Å². The number of rotatable bonds is 8. The van der Waals surface area contributed by atoms with Gasteiger partial charge in [-0.25, -0.2) is 0 Å². The van der Waals surface area contributed by atoms with E-state index in [9.17, 15) is 9.59 Å². The third-order valence-corrected chi connectivity index (χ3v) is 4.00. The summed E-state index contributed by atoms with van der Waals surface area (Å²) in [6.07, 6.45) is 5.76. The van der Waals surface area contributed by atoms with Gasteiger partial charge in [0.1, 0.15) is 0 Å². The molecular weight excluding hydrogens is 294 g/mol. The van der Waals surface area contributed by atoms with Crippen LogP contribution in [0.25, 0.3) is 0 Å². The molecule has 0 aromatic heterocycles. The summed E-state index contributed by atoms with van der Waals surface area (Å²) in [5.41, 5.74) is 10.8. The van der Waals surface area contributed by atoms with Gasteiger partial charge in [0.25, 0.3) is 0 Å². The zero-order valence-electron chi connectivity index (χ0n) is 12.7. The van der Waals surface area contributed by atoms with Crippen molar-refractivity contribution < 1.29 is 14.3 Å². The lowest BCUT2D eigenvalue weighted by molar-refractivity contribution is -0.125. The van der Waals surface area contributed by atoms with Crippen LogP contribution in [-0.2, 0) is 14.3 Å². The summed E-state index contributed by atoms with van der Waals surface area (Å²) in [7, 11) is 1.53. The second kappa shape index (κ2) is 10.8. The fourth-order valence-corrected chi connectivity index (χ4v) is 2.82. The van der Waals surface area contributed by atoms with Crippen LogP contribution in [-0.4, -0.2) is 37.6 Å². The van der Waals surface area contributed by atoms with E-state index in [0.717, 1.165) is 25.7 Å². The fraction of sp³-hybridized carbons (Fsp3) is 0.857. The van der Waals surface area contributed by atoms with E-state index in [0.29, 0.717) is 12.5 Å². The predicted octanol–water partition coefficient (Wildman–Crippen LogP) is 0.713. The molecule has 1 fully saturated rings. The van der Waals surface area contributed by atoms with Gasteiger partial charge in [-0.15, -0.1) is 12.4 Å². The lowest BCUT2D eigenvalue weighted by atomic mass is 9.82. The maximum absolute atomic E-state index is 12.0. The van der Waals surface area contributed by atoms with E-state index in [4.69, 9.17) is 16.2 Å². The Balaban J connectivity index is 0.00000400. The molecule has 124 valence electrons. The number of methoxy groups -OCH3 is 1. The fourth-order valence-electron chi connectivity index (χ4n) is 2.82. The molecule has 0 aliphatic heterocycles. The van der Waals surface area contributed by atoms with E-state index in [2.05, 4.69) is 5.32 Å². The van der Waals surface area contributed by atoms with Crippen LogP contribution in [0.5, 0.6) is 0 Å². The molecule has 1 aliphatic rings. The summed E-state index contributed by atoms with van der Waals surface area (Å²) >= 11 is 0. The van der Waals surface area contributed by atoms with E-state index >= 15 is 0 Å². The number of primary amides is 1. The van der Waals surface area contributed by atoms with Gasteiger partial charge in [-0.1, -0.05) is 19.3 Å². The molecule has 0 aromatic rings. The Labute approximate surface area is 132 Å². The van der Waals surface area contributed by atoms with E-state index < -0.39 is 0 Å². The SMILES string of the molecule is COC(CN)CC(=O)NC(CC(N)=O)C1CCCCC1.Cl. The Bertz CT molecular complexity index is 319. The Morgan fingerprint density at radius 2 is 1.86 bits per heavy atom. The van der Waals surface area contributed by atoms with Gasteiger partial charge in [-0.3, -0.25) is 9.59 Å². The van der Waals surface area contributed by atoms with Crippen molar-refractivity contribution in [2.24, 2.45) is 17.4 Å². The van der Waals surface area contributed by atoms with Crippen molar-refractivity contribution in [2.75, 3.05) is 13.7 Å². The van der Waals surface area contributed by atoms with Crippen molar-refractivity contribution in [1.82, 2.24) is 5.32 Å². The number of amides is 2. The van der Waals surface area contributed by atoms with Gasteiger partial charge in [-0.05, 0) is 18.8 Å². The second-order valence-electron chi connectivity index (χ2n) is 5.54. The van der Waals surface area contributed by atoms with Crippen LogP contribution in [0.2, 0.25) is 0 Å². The van der Waals surface area contributed by atoms with E-state index in [1.807, 2.05) is 0 Å². The molecule has 0 bridgehead atoms. The van der Waals surface area contributed by atoms with Crippen molar-refractivity contribution >= 4 is 24.2 Å². The predicted molar refractivity (Wildman–Crippen MR) is 84.0 cm³/mol. The average molecular weight is 322 g/mol. The van der Waals surface area contributed by atoms with Crippen molar-refractivity contribution in [1.29, 1.82) is 0 Å². The van der Waals surface area contributed by atoms with Crippen LogP contribution in [0.15, 0.2) is 0 Å². The molecule has 0 radical (unpaired) electrons. The van der Waals surface area contributed by atoms with E-state index in [-0.39, 0.29) is 49.2 Å². The quantitative estimate of drug-likeness (QED) is 0.612. The van der Waals surface area contributed by atoms with Crippen molar-refractivity contribution in [3.8, 4) is 0 Å². The maximum Gasteiger partial charge on any atom is 0.222 e. The molecule has 1 rings (SSSR count). The molecule has 1 aliphatic carbocycles. The summed E-state index contributed by atoms with van der Waals surface area (Å²) in [5, 5.41) is 2.94. The van der Waals surface area contributed by atoms with E-state index in [1.54, 1.807) is 0 Å². The summed E-state index contributed by atoms with van der Waals surface area (Å²) in [6.45, 7) is 0.299. The minimum absolute atomic E-state index is 0. The van der Waals surface area contributed by atoms with E-state index in [1.165, 1.54) is 13.5 Å². The molecule has 6 nitrogen and oxygen atoms in total. The van der Waals surface area contributed by atoms with Crippen molar-refractivity contribution in [2.45, 2.75) is 57.1 Å². The molecule has 2 amide bonds. The number of carbonyl (C=O) groups excluding carboxylic acids is 2. The lowest BCUT2D eigenvalue weighted by Crippen LogP contribution is -2.45. The standard InChI is InChI=1S/C14H27N3O3.ClH/c1-20-11(9-15)7-14(19)17-12(8-13(16)18)10-5-3-2-4-6-10;/h10-12H,2-9,15H2,1H3,(H2,16,18)(H,17,19);1H. The Morgan fingerprint density at radius 1 is 1.24 bits per heavy atom. The number of nitrogens with two attached hydrogens (primary N) is 2. The van der Waals surface area contributed by atoms with Crippen molar-refractivity contribution in [3.63, 3.8) is 0 Å². The molecular formula is C14H28ClN3O3. The molecule has 7 heteroatoms. The molecule has 0 heterocycles. The number of nitrogens with one attached hydrogen (secondary N) is 1. The van der Waals surface area contributed by atoms with Gasteiger partial charge in [0.05, 0.1) is 12.5 Å². The first kappa shape index (κ1) is 20.1. The molecule has 21 heavy (non-hydrogen) atoms. The molecule has 0 spiro atoms. The zero-order chi connectivity index (χ0) is 15.0. The van der Waals surface area contributed by atoms with Crippen LogP contribution < -0.4 is 16.8 Å². The Morgan fingerprint density at radius 3 is 2.33 bits per heavy atom. The minimum atomic E-state index is -0.372. The van der Waals surface area contributed by atoms with Crippen LogP contribution in [0, 0.1) is 5.92 Å². The maximum atomic E-state index is 12.0. The highest BCUT2D eigenvalue weighted by molar-refractivity contribution is 5.85. The number of hydrogen-bond acceptors (Lipinski definition) is 4. The molecule has 2 unspecified atom stereocenters. The molecule has 5 N–H and O–H groups in total. The summed E-state index contributed by atoms with van der Waals surface area (Å²) in [4.78, 5) is 23.2. The highest BCUT2D eigenvalue weighted by Crippen LogP contribution is 2.27. The normalized spacial score (nSPS) is 18.4. The monoisotopic (exact) mass is 321 g/mol. The summed E-state index contributed by atoms with van der Waals surface area (Å²) in [5.74, 6) is -0.152. The number of carbonyl (C=O) groups is 2. The first-order valence-electron chi connectivity index (χ1n) is 7.37. The van der Waals surface area contributed by atoms with Gasteiger partial charge in [-0.2, -0.15) is 0 Å². The van der Waals surface area contributed by atoms with Gasteiger partial charge in [0.15, 0.2) is 0 Å². The Kier molecular flexibility index (Phi) is 10.4. The van der Waals surface area contributed by atoms with Crippen LogP contribution in [0.4, 0.5) is 0 Å². The first-order chi connectivity index (χ1) is 9.56.